The predicted molar refractivity (Wildman–Crippen MR) is 45.9 cm³/mol. The fraction of sp³-hybridized carbons (Fsp3) is 0.222. The summed E-state index contributed by atoms with van der Waals surface area (Å²) < 4.78 is 48.7. The van der Waals surface area contributed by atoms with Gasteiger partial charge in [0.15, 0.2) is 0 Å². The first-order chi connectivity index (χ1) is 6.82. The summed E-state index contributed by atoms with van der Waals surface area (Å²) in [5, 5.41) is 0. The molecule has 82 valence electrons. The standard InChI is InChI=1S/C9H7F4NO/c1-14(8(15)9(11,12)13)7-4-2-3-6(10)5-7/h2-5H,1H3. The maximum absolute atomic E-state index is 12.7. The number of rotatable bonds is 1. The summed E-state index contributed by atoms with van der Waals surface area (Å²) in [6.07, 6.45) is -4.96. The lowest BCUT2D eigenvalue weighted by atomic mass is 10.3. The molecular weight excluding hydrogens is 214 g/mol. The van der Waals surface area contributed by atoms with Crippen molar-refractivity contribution in [3.63, 3.8) is 0 Å². The average molecular weight is 221 g/mol. The molecule has 0 aliphatic carbocycles. The van der Waals surface area contributed by atoms with E-state index in [0.717, 1.165) is 19.2 Å². The van der Waals surface area contributed by atoms with Gasteiger partial charge >= 0.3 is 12.1 Å². The van der Waals surface area contributed by atoms with Crippen molar-refractivity contribution in [3.05, 3.63) is 30.1 Å². The van der Waals surface area contributed by atoms with Gasteiger partial charge in [-0.3, -0.25) is 4.79 Å². The van der Waals surface area contributed by atoms with Gasteiger partial charge in [0.05, 0.1) is 0 Å². The van der Waals surface area contributed by atoms with Crippen LogP contribution in [0.1, 0.15) is 0 Å². The number of hydrogen-bond donors (Lipinski definition) is 0. The molecule has 0 radical (unpaired) electrons. The van der Waals surface area contributed by atoms with Crippen molar-refractivity contribution >= 4 is 11.6 Å². The van der Waals surface area contributed by atoms with Gasteiger partial charge in [0.2, 0.25) is 0 Å². The molecule has 2 nitrogen and oxygen atoms in total. The molecule has 0 saturated carbocycles. The molecule has 1 aromatic carbocycles. The molecule has 0 heterocycles. The van der Waals surface area contributed by atoms with Crippen LogP contribution in [0.4, 0.5) is 23.2 Å². The Morgan fingerprint density at radius 2 is 1.93 bits per heavy atom. The van der Waals surface area contributed by atoms with Crippen molar-refractivity contribution in [3.8, 4) is 0 Å². The lowest BCUT2D eigenvalue weighted by molar-refractivity contribution is -0.170. The van der Waals surface area contributed by atoms with Crippen molar-refractivity contribution in [1.29, 1.82) is 0 Å². The van der Waals surface area contributed by atoms with Gasteiger partial charge in [-0.1, -0.05) is 6.07 Å². The second-order valence-corrected chi connectivity index (χ2v) is 2.84. The van der Waals surface area contributed by atoms with Gasteiger partial charge in [0, 0.05) is 12.7 Å². The SMILES string of the molecule is CN(C(=O)C(F)(F)F)c1cccc(F)c1. The molecule has 0 bridgehead atoms. The molecule has 15 heavy (non-hydrogen) atoms. The third-order valence-corrected chi connectivity index (χ3v) is 1.74. The van der Waals surface area contributed by atoms with E-state index in [1.54, 1.807) is 0 Å². The number of hydrogen-bond acceptors (Lipinski definition) is 1. The van der Waals surface area contributed by atoms with Gasteiger partial charge in [-0.25, -0.2) is 4.39 Å². The second kappa shape index (κ2) is 3.88. The Kier molecular flexibility index (Phi) is 2.97. The Morgan fingerprint density at radius 3 is 2.40 bits per heavy atom. The minimum absolute atomic E-state index is 0.141. The molecule has 0 fully saturated rings. The summed E-state index contributed by atoms with van der Waals surface area (Å²) in [4.78, 5) is 11.1. The van der Waals surface area contributed by atoms with Gasteiger partial charge in [-0.2, -0.15) is 13.2 Å². The number of anilines is 1. The molecule has 0 aromatic heterocycles. The van der Waals surface area contributed by atoms with E-state index in [2.05, 4.69) is 0 Å². The minimum atomic E-state index is -4.96. The van der Waals surface area contributed by atoms with Crippen LogP contribution in [0.3, 0.4) is 0 Å². The third kappa shape index (κ3) is 2.68. The number of nitrogens with zero attached hydrogens (tertiary/aromatic N) is 1. The maximum Gasteiger partial charge on any atom is 0.471 e. The fourth-order valence-corrected chi connectivity index (χ4v) is 0.992. The smallest absolute Gasteiger partial charge is 0.308 e. The highest BCUT2D eigenvalue weighted by Gasteiger charge is 2.41. The summed E-state index contributed by atoms with van der Waals surface area (Å²) >= 11 is 0. The first-order valence-corrected chi connectivity index (χ1v) is 3.93. The van der Waals surface area contributed by atoms with Crippen molar-refractivity contribution in [1.82, 2.24) is 0 Å². The molecule has 1 aromatic rings. The van der Waals surface area contributed by atoms with Crippen LogP contribution >= 0.6 is 0 Å². The zero-order valence-electron chi connectivity index (χ0n) is 7.68. The van der Waals surface area contributed by atoms with E-state index >= 15 is 0 Å². The van der Waals surface area contributed by atoms with Gasteiger partial charge < -0.3 is 4.90 Å². The zero-order valence-corrected chi connectivity index (χ0v) is 7.68. The lowest BCUT2D eigenvalue weighted by Gasteiger charge is -2.18. The number of amides is 1. The first kappa shape index (κ1) is 11.5. The van der Waals surface area contributed by atoms with Gasteiger partial charge in [-0.15, -0.1) is 0 Å². The molecule has 0 saturated heterocycles. The first-order valence-electron chi connectivity index (χ1n) is 3.93. The highest BCUT2D eigenvalue weighted by Crippen LogP contribution is 2.22. The van der Waals surface area contributed by atoms with E-state index < -0.39 is 17.9 Å². The zero-order chi connectivity index (χ0) is 11.6. The van der Waals surface area contributed by atoms with E-state index in [4.69, 9.17) is 0 Å². The summed E-state index contributed by atoms with van der Waals surface area (Å²) in [7, 11) is 0.935. The topological polar surface area (TPSA) is 20.3 Å². The van der Waals surface area contributed by atoms with Crippen molar-refractivity contribution in [2.75, 3.05) is 11.9 Å². The molecule has 0 atom stereocenters. The maximum atomic E-state index is 12.7. The summed E-state index contributed by atoms with van der Waals surface area (Å²) in [6.45, 7) is 0. The Morgan fingerprint density at radius 1 is 1.33 bits per heavy atom. The number of alkyl halides is 3. The number of carbonyl (C=O) groups excluding carboxylic acids is 1. The van der Waals surface area contributed by atoms with Crippen molar-refractivity contribution < 1.29 is 22.4 Å². The Labute approximate surface area is 83.1 Å². The van der Waals surface area contributed by atoms with E-state index in [0.29, 0.717) is 4.90 Å². The normalized spacial score (nSPS) is 11.3. The summed E-state index contributed by atoms with van der Waals surface area (Å²) in [5.41, 5.74) is -0.141. The minimum Gasteiger partial charge on any atom is -0.308 e. The fourth-order valence-electron chi connectivity index (χ4n) is 0.992. The molecule has 0 aliphatic rings. The molecule has 0 spiro atoms. The van der Waals surface area contributed by atoms with Crippen LogP contribution in [-0.4, -0.2) is 19.1 Å². The molecule has 0 unspecified atom stereocenters. The van der Waals surface area contributed by atoms with Gasteiger partial charge in [-0.05, 0) is 18.2 Å². The Hall–Kier alpha value is -1.59. The van der Waals surface area contributed by atoms with E-state index in [9.17, 15) is 22.4 Å². The molecular formula is C9H7F4NO. The number of halogens is 4. The molecule has 6 heteroatoms. The van der Waals surface area contributed by atoms with Crippen LogP contribution in [-0.2, 0) is 4.79 Å². The van der Waals surface area contributed by atoms with Crippen LogP contribution in [0.2, 0.25) is 0 Å². The Bertz CT molecular complexity index is 375. The monoisotopic (exact) mass is 221 g/mol. The second-order valence-electron chi connectivity index (χ2n) is 2.84. The average Bonchev–Trinajstić information content (AvgIpc) is 2.14. The van der Waals surface area contributed by atoms with Crippen LogP contribution < -0.4 is 4.90 Å². The van der Waals surface area contributed by atoms with Crippen LogP contribution in [0.25, 0.3) is 0 Å². The highest BCUT2D eigenvalue weighted by atomic mass is 19.4. The Balaban J connectivity index is 2.95. The van der Waals surface area contributed by atoms with Crippen molar-refractivity contribution in [2.45, 2.75) is 6.18 Å². The van der Waals surface area contributed by atoms with Crippen LogP contribution in [0, 0.1) is 5.82 Å². The molecule has 0 aliphatic heterocycles. The van der Waals surface area contributed by atoms with Crippen LogP contribution in [0.15, 0.2) is 24.3 Å². The van der Waals surface area contributed by atoms with Crippen LogP contribution in [0.5, 0.6) is 0 Å². The van der Waals surface area contributed by atoms with E-state index in [-0.39, 0.29) is 5.69 Å². The highest BCUT2D eigenvalue weighted by molar-refractivity contribution is 5.96. The summed E-state index contributed by atoms with van der Waals surface area (Å²) in [5.74, 6) is -2.73. The van der Waals surface area contributed by atoms with E-state index in [1.165, 1.54) is 12.1 Å². The largest absolute Gasteiger partial charge is 0.471 e. The number of benzene rings is 1. The van der Waals surface area contributed by atoms with Crippen molar-refractivity contribution in [2.24, 2.45) is 0 Å². The number of carbonyl (C=O) groups is 1. The molecule has 0 N–H and O–H groups in total. The lowest BCUT2D eigenvalue weighted by Crippen LogP contribution is -2.38. The summed E-state index contributed by atoms with van der Waals surface area (Å²) in [6, 6.07) is 4.37. The third-order valence-electron chi connectivity index (χ3n) is 1.74. The molecule has 1 rings (SSSR count). The quantitative estimate of drug-likeness (QED) is 0.666. The van der Waals surface area contributed by atoms with Gasteiger partial charge in [0.1, 0.15) is 5.82 Å². The predicted octanol–water partition coefficient (Wildman–Crippen LogP) is 2.35. The van der Waals surface area contributed by atoms with Gasteiger partial charge in [0.25, 0.3) is 0 Å². The molecule has 1 amide bonds. The van der Waals surface area contributed by atoms with E-state index in [1.807, 2.05) is 0 Å².